The minimum atomic E-state index is 0.283. The third kappa shape index (κ3) is 7.20. The first kappa shape index (κ1) is 24.0. The van der Waals surface area contributed by atoms with Crippen LogP contribution < -0.4 is 14.8 Å². The average Bonchev–Trinajstić information content (AvgIpc) is 2.74. The summed E-state index contributed by atoms with van der Waals surface area (Å²) in [6.45, 7) is 4.16. The molecular formula is C24H23Cl4NO2. The van der Waals surface area contributed by atoms with Crippen LogP contribution in [0.2, 0.25) is 20.1 Å². The van der Waals surface area contributed by atoms with Gasteiger partial charge in [-0.3, -0.25) is 0 Å². The Morgan fingerprint density at radius 2 is 1.42 bits per heavy atom. The lowest BCUT2D eigenvalue weighted by molar-refractivity contribution is 0.269. The fraction of sp³-hybridized carbons (Fsp3) is 0.250. The highest BCUT2D eigenvalue weighted by Crippen LogP contribution is 2.35. The summed E-state index contributed by atoms with van der Waals surface area (Å²) in [6, 6.07) is 16.9. The lowest BCUT2D eigenvalue weighted by Gasteiger charge is -2.16. The summed E-state index contributed by atoms with van der Waals surface area (Å²) in [6.07, 6.45) is 0.899. The number of hydrogen-bond acceptors (Lipinski definition) is 3. The van der Waals surface area contributed by atoms with Crippen molar-refractivity contribution in [3.8, 4) is 11.5 Å². The van der Waals surface area contributed by atoms with Crippen LogP contribution >= 0.6 is 46.4 Å². The Balaban J connectivity index is 1.62. The van der Waals surface area contributed by atoms with Crippen molar-refractivity contribution in [2.24, 2.45) is 0 Å². The van der Waals surface area contributed by atoms with E-state index in [0.29, 0.717) is 39.7 Å². The van der Waals surface area contributed by atoms with Gasteiger partial charge in [0.25, 0.3) is 0 Å². The average molecular weight is 499 g/mol. The summed E-state index contributed by atoms with van der Waals surface area (Å²) in [5, 5.41) is 5.91. The van der Waals surface area contributed by atoms with Gasteiger partial charge in [0, 0.05) is 38.3 Å². The first-order valence-electron chi connectivity index (χ1n) is 9.93. The SMILES string of the molecule is CCOc1cc(CNCCc2ccc(Cl)cc2)c(Cl)cc1OCc1ccc(Cl)cc1Cl. The minimum Gasteiger partial charge on any atom is -0.490 e. The number of ether oxygens (including phenoxy) is 2. The van der Waals surface area contributed by atoms with E-state index in [2.05, 4.69) is 5.32 Å². The van der Waals surface area contributed by atoms with E-state index in [9.17, 15) is 0 Å². The molecule has 0 aliphatic rings. The zero-order chi connectivity index (χ0) is 22.2. The Labute approximate surface area is 203 Å². The minimum absolute atomic E-state index is 0.283. The second-order valence-electron chi connectivity index (χ2n) is 6.90. The molecule has 3 aromatic carbocycles. The smallest absolute Gasteiger partial charge is 0.163 e. The molecule has 0 amide bonds. The molecule has 0 saturated carbocycles. The molecule has 0 spiro atoms. The van der Waals surface area contributed by atoms with Gasteiger partial charge in [0.05, 0.1) is 6.61 Å². The summed E-state index contributed by atoms with van der Waals surface area (Å²) in [5.41, 5.74) is 3.00. The largest absolute Gasteiger partial charge is 0.490 e. The van der Waals surface area contributed by atoms with Crippen LogP contribution in [-0.4, -0.2) is 13.2 Å². The van der Waals surface area contributed by atoms with Gasteiger partial charge in [-0.05, 0) is 61.3 Å². The topological polar surface area (TPSA) is 30.5 Å². The fourth-order valence-corrected chi connectivity index (χ4v) is 3.80. The second-order valence-corrected chi connectivity index (χ2v) is 8.59. The highest BCUT2D eigenvalue weighted by atomic mass is 35.5. The molecule has 1 N–H and O–H groups in total. The first-order chi connectivity index (χ1) is 15.0. The van der Waals surface area contributed by atoms with Gasteiger partial charge in [-0.15, -0.1) is 0 Å². The molecule has 0 aliphatic carbocycles. The molecule has 0 bridgehead atoms. The first-order valence-corrected chi connectivity index (χ1v) is 11.4. The Kier molecular flexibility index (Phi) is 9.18. The zero-order valence-corrected chi connectivity index (χ0v) is 20.1. The van der Waals surface area contributed by atoms with E-state index < -0.39 is 0 Å². The van der Waals surface area contributed by atoms with Crippen molar-refractivity contribution < 1.29 is 9.47 Å². The molecule has 7 heteroatoms. The maximum atomic E-state index is 6.51. The number of nitrogens with one attached hydrogen (secondary N) is 1. The Morgan fingerprint density at radius 3 is 2.13 bits per heavy atom. The Morgan fingerprint density at radius 1 is 0.742 bits per heavy atom. The quantitative estimate of drug-likeness (QED) is 0.292. The Hall–Kier alpha value is -1.62. The number of rotatable bonds is 10. The van der Waals surface area contributed by atoms with Crippen LogP contribution in [0, 0.1) is 0 Å². The van der Waals surface area contributed by atoms with Gasteiger partial charge in [0.1, 0.15) is 6.61 Å². The molecule has 3 rings (SSSR count). The van der Waals surface area contributed by atoms with Crippen molar-refractivity contribution >= 4 is 46.4 Å². The molecule has 0 radical (unpaired) electrons. The van der Waals surface area contributed by atoms with E-state index in [-0.39, 0.29) is 6.61 Å². The van der Waals surface area contributed by atoms with Gasteiger partial charge >= 0.3 is 0 Å². The molecule has 164 valence electrons. The van der Waals surface area contributed by atoms with Crippen molar-refractivity contribution in [1.82, 2.24) is 5.32 Å². The fourth-order valence-electron chi connectivity index (χ4n) is 2.99. The highest BCUT2D eigenvalue weighted by molar-refractivity contribution is 6.35. The van der Waals surface area contributed by atoms with Crippen LogP contribution in [0.25, 0.3) is 0 Å². The van der Waals surface area contributed by atoms with Gasteiger partial charge in [0.2, 0.25) is 0 Å². The molecule has 0 unspecified atom stereocenters. The maximum Gasteiger partial charge on any atom is 0.163 e. The van der Waals surface area contributed by atoms with E-state index >= 15 is 0 Å². The van der Waals surface area contributed by atoms with Gasteiger partial charge in [-0.2, -0.15) is 0 Å². The molecule has 0 saturated heterocycles. The Bertz CT molecular complexity index is 1010. The summed E-state index contributed by atoms with van der Waals surface area (Å²) in [5.74, 6) is 1.22. The third-order valence-electron chi connectivity index (χ3n) is 4.63. The molecule has 0 fully saturated rings. The molecule has 0 atom stereocenters. The molecule has 3 aromatic rings. The van der Waals surface area contributed by atoms with E-state index in [4.69, 9.17) is 55.9 Å². The standard InChI is InChI=1S/C24H23Cl4NO2/c1-2-30-23-11-18(14-29-10-9-16-3-6-19(25)7-4-16)22(28)13-24(23)31-15-17-5-8-20(26)12-21(17)27/h3-8,11-13,29H,2,9-10,14-15H2,1H3. The van der Waals surface area contributed by atoms with Crippen LogP contribution in [0.4, 0.5) is 0 Å². The van der Waals surface area contributed by atoms with E-state index in [0.717, 1.165) is 29.1 Å². The van der Waals surface area contributed by atoms with Crippen molar-refractivity contribution in [1.29, 1.82) is 0 Å². The predicted molar refractivity (Wildman–Crippen MR) is 130 cm³/mol. The van der Waals surface area contributed by atoms with E-state index in [1.54, 1.807) is 18.2 Å². The lowest BCUT2D eigenvalue weighted by Crippen LogP contribution is -2.17. The molecule has 31 heavy (non-hydrogen) atoms. The highest BCUT2D eigenvalue weighted by Gasteiger charge is 2.12. The van der Waals surface area contributed by atoms with Crippen molar-refractivity contribution in [2.45, 2.75) is 26.5 Å². The summed E-state index contributed by atoms with van der Waals surface area (Å²) in [7, 11) is 0. The van der Waals surface area contributed by atoms with Crippen LogP contribution in [0.15, 0.2) is 54.6 Å². The monoisotopic (exact) mass is 497 g/mol. The van der Waals surface area contributed by atoms with Gasteiger partial charge < -0.3 is 14.8 Å². The molecular weight excluding hydrogens is 476 g/mol. The van der Waals surface area contributed by atoms with Crippen LogP contribution in [0.5, 0.6) is 11.5 Å². The zero-order valence-electron chi connectivity index (χ0n) is 17.1. The third-order valence-corrected chi connectivity index (χ3v) is 5.82. The number of hydrogen-bond donors (Lipinski definition) is 1. The summed E-state index contributed by atoms with van der Waals surface area (Å²) >= 11 is 24.6. The van der Waals surface area contributed by atoms with Crippen LogP contribution in [-0.2, 0) is 19.6 Å². The number of halogens is 4. The van der Waals surface area contributed by atoms with Crippen LogP contribution in [0.3, 0.4) is 0 Å². The summed E-state index contributed by atoms with van der Waals surface area (Å²) < 4.78 is 11.7. The van der Waals surface area contributed by atoms with Crippen molar-refractivity contribution in [2.75, 3.05) is 13.2 Å². The van der Waals surface area contributed by atoms with Gasteiger partial charge in [-0.25, -0.2) is 0 Å². The summed E-state index contributed by atoms with van der Waals surface area (Å²) in [4.78, 5) is 0. The number of benzene rings is 3. The second kappa shape index (κ2) is 11.8. The maximum absolute atomic E-state index is 6.51. The molecule has 3 nitrogen and oxygen atoms in total. The molecule has 0 aromatic heterocycles. The van der Waals surface area contributed by atoms with Gasteiger partial charge in [0.15, 0.2) is 11.5 Å². The van der Waals surface area contributed by atoms with Crippen LogP contribution in [0.1, 0.15) is 23.6 Å². The van der Waals surface area contributed by atoms with E-state index in [1.807, 2.05) is 43.3 Å². The lowest BCUT2D eigenvalue weighted by atomic mass is 10.1. The van der Waals surface area contributed by atoms with Gasteiger partial charge in [-0.1, -0.05) is 64.6 Å². The van der Waals surface area contributed by atoms with Crippen molar-refractivity contribution in [3.63, 3.8) is 0 Å². The molecule has 0 aliphatic heterocycles. The predicted octanol–water partition coefficient (Wildman–Crippen LogP) is 7.61. The van der Waals surface area contributed by atoms with Crippen molar-refractivity contribution in [3.05, 3.63) is 91.4 Å². The normalized spacial score (nSPS) is 10.9. The molecule has 0 heterocycles. The van der Waals surface area contributed by atoms with E-state index in [1.165, 1.54) is 5.56 Å².